The smallest absolute Gasteiger partial charge is 0.293 e. The first-order chi connectivity index (χ1) is 12.0. The minimum absolute atomic E-state index is 0.229. The summed E-state index contributed by atoms with van der Waals surface area (Å²) in [7, 11) is 0. The molecule has 0 N–H and O–H groups in total. The highest BCUT2D eigenvalue weighted by Gasteiger charge is 2.34. The van der Waals surface area contributed by atoms with Crippen LogP contribution in [0.15, 0.2) is 34.2 Å². The van der Waals surface area contributed by atoms with E-state index in [1.165, 1.54) is 4.90 Å². The van der Waals surface area contributed by atoms with Crippen LogP contribution in [0.3, 0.4) is 0 Å². The topological polar surface area (TPSA) is 55.8 Å². The van der Waals surface area contributed by atoms with E-state index >= 15 is 0 Å². The first-order valence-corrected chi connectivity index (χ1v) is 9.58. The van der Waals surface area contributed by atoms with Crippen LogP contribution >= 0.6 is 27.7 Å². The minimum Gasteiger partial charge on any atom is -0.490 e. The van der Waals surface area contributed by atoms with Crippen LogP contribution in [0, 0.1) is 0 Å². The van der Waals surface area contributed by atoms with Gasteiger partial charge in [0, 0.05) is 6.54 Å². The number of hydrogen-bond donors (Lipinski definition) is 0. The standard InChI is InChI=1S/C18H20BrNO4S/c1-4-7-20-17(21)15(25-18(20)22)11-12-9-13(19)16(24-8-5-2)14(10-12)23-6-3/h5,9-11H,2,4,6-8H2,1,3H3/b15-11+. The number of imide groups is 1. The molecule has 25 heavy (non-hydrogen) atoms. The third-order valence-electron chi connectivity index (χ3n) is 3.30. The Bertz CT molecular complexity index is 717. The number of ether oxygens (including phenoxy) is 2. The van der Waals surface area contributed by atoms with Crippen molar-refractivity contribution < 1.29 is 19.1 Å². The van der Waals surface area contributed by atoms with Crippen molar-refractivity contribution in [3.8, 4) is 11.5 Å². The van der Waals surface area contributed by atoms with Crippen molar-refractivity contribution in [1.29, 1.82) is 0 Å². The predicted octanol–water partition coefficient (Wildman–Crippen LogP) is 4.86. The number of thioether (sulfide) groups is 1. The van der Waals surface area contributed by atoms with E-state index in [2.05, 4.69) is 22.5 Å². The summed E-state index contributed by atoms with van der Waals surface area (Å²) in [5, 5.41) is -0.229. The van der Waals surface area contributed by atoms with Crippen LogP contribution in [0.25, 0.3) is 6.08 Å². The third-order valence-corrected chi connectivity index (χ3v) is 4.79. The molecule has 0 atom stereocenters. The van der Waals surface area contributed by atoms with Gasteiger partial charge in [-0.25, -0.2) is 0 Å². The molecular formula is C18H20BrNO4S. The highest BCUT2D eigenvalue weighted by molar-refractivity contribution is 9.10. The number of nitrogens with zero attached hydrogens (tertiary/aromatic N) is 1. The molecule has 5 nitrogen and oxygen atoms in total. The molecule has 2 amide bonds. The maximum absolute atomic E-state index is 12.4. The van der Waals surface area contributed by atoms with Gasteiger partial charge in [-0.3, -0.25) is 14.5 Å². The van der Waals surface area contributed by atoms with Crippen molar-refractivity contribution in [3.05, 3.63) is 39.7 Å². The summed E-state index contributed by atoms with van der Waals surface area (Å²) >= 11 is 4.43. The molecule has 1 aliphatic heterocycles. The molecule has 0 aliphatic carbocycles. The zero-order chi connectivity index (χ0) is 18.4. The second-order valence-electron chi connectivity index (χ2n) is 5.20. The fraction of sp³-hybridized carbons (Fsp3) is 0.333. The van der Waals surface area contributed by atoms with Crippen molar-refractivity contribution in [2.24, 2.45) is 0 Å². The second kappa shape index (κ2) is 9.10. The highest BCUT2D eigenvalue weighted by atomic mass is 79.9. The van der Waals surface area contributed by atoms with E-state index in [-0.39, 0.29) is 11.1 Å². The molecule has 7 heteroatoms. The number of amides is 2. The quantitative estimate of drug-likeness (QED) is 0.439. The lowest BCUT2D eigenvalue weighted by Gasteiger charge is -2.14. The van der Waals surface area contributed by atoms with Crippen LogP contribution in [0.2, 0.25) is 0 Å². The number of rotatable bonds is 8. The molecule has 1 saturated heterocycles. The van der Waals surface area contributed by atoms with Gasteiger partial charge in [-0.05, 0) is 64.8 Å². The van der Waals surface area contributed by atoms with Gasteiger partial charge in [0.1, 0.15) is 6.61 Å². The average Bonchev–Trinajstić information content (AvgIpc) is 2.82. The summed E-state index contributed by atoms with van der Waals surface area (Å²) < 4.78 is 12.0. The molecule has 0 radical (unpaired) electrons. The molecule has 134 valence electrons. The van der Waals surface area contributed by atoms with Gasteiger partial charge in [0.25, 0.3) is 11.1 Å². The van der Waals surface area contributed by atoms with Crippen LogP contribution in [-0.4, -0.2) is 35.8 Å². The Balaban J connectivity index is 2.35. The lowest BCUT2D eigenvalue weighted by Crippen LogP contribution is -2.28. The lowest BCUT2D eigenvalue weighted by atomic mass is 10.2. The van der Waals surface area contributed by atoms with Gasteiger partial charge >= 0.3 is 0 Å². The number of halogens is 1. The van der Waals surface area contributed by atoms with Gasteiger partial charge in [0.05, 0.1) is 16.0 Å². The van der Waals surface area contributed by atoms with Crippen molar-refractivity contribution in [2.45, 2.75) is 20.3 Å². The molecule has 0 aromatic heterocycles. The van der Waals surface area contributed by atoms with Crippen molar-refractivity contribution in [3.63, 3.8) is 0 Å². The maximum Gasteiger partial charge on any atom is 0.293 e. The molecule has 1 aliphatic rings. The molecule has 0 unspecified atom stereocenters. The van der Waals surface area contributed by atoms with Crippen LogP contribution < -0.4 is 9.47 Å². The zero-order valence-corrected chi connectivity index (χ0v) is 16.6. The summed E-state index contributed by atoms with van der Waals surface area (Å²) in [5.74, 6) is 0.897. The molecule has 1 fully saturated rings. The van der Waals surface area contributed by atoms with E-state index in [9.17, 15) is 9.59 Å². The van der Waals surface area contributed by atoms with E-state index in [0.29, 0.717) is 40.6 Å². The van der Waals surface area contributed by atoms with Gasteiger partial charge in [0.2, 0.25) is 0 Å². The molecule has 2 rings (SSSR count). The first-order valence-electron chi connectivity index (χ1n) is 7.97. The monoisotopic (exact) mass is 425 g/mol. The largest absolute Gasteiger partial charge is 0.490 e. The lowest BCUT2D eigenvalue weighted by molar-refractivity contribution is -0.122. The summed E-state index contributed by atoms with van der Waals surface area (Å²) in [6, 6.07) is 3.62. The minimum atomic E-state index is -0.252. The number of carbonyl (C=O) groups is 2. The second-order valence-corrected chi connectivity index (χ2v) is 7.04. The van der Waals surface area contributed by atoms with E-state index in [4.69, 9.17) is 9.47 Å². The highest BCUT2D eigenvalue weighted by Crippen LogP contribution is 2.39. The van der Waals surface area contributed by atoms with Gasteiger partial charge in [-0.1, -0.05) is 19.6 Å². The zero-order valence-electron chi connectivity index (χ0n) is 14.2. The first kappa shape index (κ1) is 19.6. The molecule has 0 bridgehead atoms. The van der Waals surface area contributed by atoms with Gasteiger partial charge in [0.15, 0.2) is 11.5 Å². The fourth-order valence-corrected chi connectivity index (χ4v) is 3.72. The number of hydrogen-bond acceptors (Lipinski definition) is 5. The molecule has 1 aromatic carbocycles. The van der Waals surface area contributed by atoms with Crippen LogP contribution in [0.5, 0.6) is 11.5 Å². The average molecular weight is 426 g/mol. The Hall–Kier alpha value is -1.73. The Morgan fingerprint density at radius 1 is 1.28 bits per heavy atom. The predicted molar refractivity (Wildman–Crippen MR) is 104 cm³/mol. The summed E-state index contributed by atoms with van der Waals surface area (Å²) in [4.78, 5) is 26.0. The van der Waals surface area contributed by atoms with Crippen molar-refractivity contribution in [1.82, 2.24) is 4.90 Å². The normalized spacial score (nSPS) is 15.8. The van der Waals surface area contributed by atoms with E-state index < -0.39 is 0 Å². The molecule has 0 spiro atoms. The molecule has 1 aromatic rings. The van der Waals surface area contributed by atoms with Crippen LogP contribution in [0.1, 0.15) is 25.8 Å². The van der Waals surface area contributed by atoms with Crippen molar-refractivity contribution in [2.75, 3.05) is 19.8 Å². The fourth-order valence-electron chi connectivity index (χ4n) is 2.28. The van der Waals surface area contributed by atoms with Crippen molar-refractivity contribution >= 4 is 44.9 Å². The maximum atomic E-state index is 12.4. The van der Waals surface area contributed by atoms with Gasteiger partial charge in [-0.2, -0.15) is 0 Å². The molecule has 0 saturated carbocycles. The van der Waals surface area contributed by atoms with E-state index in [1.54, 1.807) is 18.2 Å². The number of benzene rings is 1. The summed E-state index contributed by atoms with van der Waals surface area (Å²) in [6.45, 7) is 8.72. The Morgan fingerprint density at radius 2 is 2.04 bits per heavy atom. The Morgan fingerprint density at radius 3 is 2.68 bits per heavy atom. The Labute approximate surface area is 160 Å². The van der Waals surface area contributed by atoms with E-state index in [1.807, 2.05) is 19.9 Å². The van der Waals surface area contributed by atoms with E-state index in [0.717, 1.165) is 23.7 Å². The third kappa shape index (κ3) is 4.67. The Kier molecular flexibility index (Phi) is 7.13. The number of carbonyl (C=O) groups excluding carboxylic acids is 2. The summed E-state index contributed by atoms with van der Waals surface area (Å²) in [6.07, 6.45) is 4.09. The molecule has 1 heterocycles. The SMILES string of the molecule is C=CCOc1c(Br)cc(/C=C2/SC(=O)N(CCC)C2=O)cc1OCC. The summed E-state index contributed by atoms with van der Waals surface area (Å²) in [5.41, 5.74) is 0.753. The van der Waals surface area contributed by atoms with Gasteiger partial charge < -0.3 is 9.47 Å². The molecular weight excluding hydrogens is 406 g/mol. The van der Waals surface area contributed by atoms with Gasteiger partial charge in [-0.15, -0.1) is 0 Å². The van der Waals surface area contributed by atoms with Crippen LogP contribution in [-0.2, 0) is 4.79 Å². The van der Waals surface area contributed by atoms with Crippen LogP contribution in [0.4, 0.5) is 4.79 Å².